The number of halogens is 3. The van der Waals surface area contributed by atoms with Crippen molar-refractivity contribution in [1.82, 2.24) is 15.1 Å². The van der Waals surface area contributed by atoms with E-state index in [1.165, 1.54) is 7.05 Å². The maximum atomic E-state index is 12.8. The van der Waals surface area contributed by atoms with Gasteiger partial charge in [0.1, 0.15) is 11.4 Å². The number of nitrogens with zero attached hydrogens (tertiary/aromatic N) is 2. The van der Waals surface area contributed by atoms with Crippen LogP contribution in [0.2, 0.25) is 0 Å². The number of aromatic nitrogens is 2. The summed E-state index contributed by atoms with van der Waals surface area (Å²) in [7, 11) is 1.24. The van der Waals surface area contributed by atoms with Gasteiger partial charge in [-0.1, -0.05) is 0 Å². The molecular formula is C15H18F3N3O2S. The Kier molecular flexibility index (Phi) is 6.00. The predicted octanol–water partition coefficient (Wildman–Crippen LogP) is 3.32. The van der Waals surface area contributed by atoms with E-state index in [1.54, 1.807) is 12.1 Å². The van der Waals surface area contributed by atoms with Crippen LogP contribution in [0, 0.1) is 0 Å². The first-order valence-corrected chi connectivity index (χ1v) is 8.22. The Labute approximate surface area is 141 Å². The van der Waals surface area contributed by atoms with Gasteiger partial charge in [0.2, 0.25) is 0 Å². The molecule has 2 aromatic heterocycles. The van der Waals surface area contributed by atoms with Gasteiger partial charge in [-0.05, 0) is 31.5 Å². The molecule has 1 amide bonds. The van der Waals surface area contributed by atoms with Gasteiger partial charge in [-0.3, -0.25) is 9.48 Å². The molecule has 0 aliphatic carbocycles. The second-order valence-corrected chi connectivity index (χ2v) is 6.09. The first-order chi connectivity index (χ1) is 11.3. The lowest BCUT2D eigenvalue weighted by Gasteiger charge is -2.04. The fourth-order valence-electron chi connectivity index (χ4n) is 2.06. The summed E-state index contributed by atoms with van der Waals surface area (Å²) in [5.41, 5.74) is -0.627. The zero-order valence-corrected chi connectivity index (χ0v) is 14.1. The van der Waals surface area contributed by atoms with E-state index in [0.29, 0.717) is 35.9 Å². The molecule has 1 N–H and O–H groups in total. The summed E-state index contributed by atoms with van der Waals surface area (Å²) in [5, 5.41) is 6.62. The molecule has 5 nitrogen and oxygen atoms in total. The number of thiophene rings is 1. The zero-order valence-electron chi connectivity index (χ0n) is 13.3. The normalized spacial score (nSPS) is 11.7. The van der Waals surface area contributed by atoms with E-state index in [-0.39, 0.29) is 11.6 Å². The third-order valence-electron chi connectivity index (χ3n) is 3.21. The summed E-state index contributed by atoms with van der Waals surface area (Å²) < 4.78 is 44.4. The van der Waals surface area contributed by atoms with E-state index >= 15 is 0 Å². The van der Waals surface area contributed by atoms with E-state index in [2.05, 4.69) is 10.4 Å². The molecule has 0 saturated heterocycles. The molecule has 0 radical (unpaired) electrons. The second-order valence-electron chi connectivity index (χ2n) is 5.01. The van der Waals surface area contributed by atoms with Gasteiger partial charge in [0.25, 0.3) is 5.91 Å². The highest BCUT2D eigenvalue weighted by atomic mass is 32.1. The summed E-state index contributed by atoms with van der Waals surface area (Å²) in [6, 6.07) is 4.16. The molecule has 0 spiro atoms. The fraction of sp³-hybridized carbons (Fsp3) is 0.467. The van der Waals surface area contributed by atoms with Crippen LogP contribution in [0.15, 0.2) is 18.2 Å². The molecule has 2 aromatic rings. The van der Waals surface area contributed by atoms with Crippen molar-refractivity contribution in [3.63, 3.8) is 0 Å². The molecule has 24 heavy (non-hydrogen) atoms. The fourth-order valence-corrected chi connectivity index (χ4v) is 2.94. The molecule has 0 aliphatic heterocycles. The largest absolute Gasteiger partial charge is 0.433 e. The Morgan fingerprint density at radius 2 is 2.17 bits per heavy atom. The van der Waals surface area contributed by atoms with E-state index in [0.717, 1.165) is 22.1 Å². The molecule has 0 aliphatic rings. The number of ether oxygens (including phenoxy) is 1. The highest BCUT2D eigenvalue weighted by Gasteiger charge is 2.35. The summed E-state index contributed by atoms with van der Waals surface area (Å²) in [5.74, 6) is -0.255. The van der Waals surface area contributed by atoms with Gasteiger partial charge in [-0.2, -0.15) is 18.3 Å². The van der Waals surface area contributed by atoms with Crippen LogP contribution in [0.3, 0.4) is 0 Å². The van der Waals surface area contributed by atoms with Crippen molar-refractivity contribution in [3.05, 3.63) is 28.8 Å². The highest BCUT2D eigenvalue weighted by Crippen LogP contribution is 2.34. The highest BCUT2D eigenvalue weighted by molar-refractivity contribution is 7.17. The maximum absolute atomic E-state index is 12.8. The number of alkyl halides is 3. The number of nitrogens with one attached hydrogen (secondary N) is 1. The molecule has 2 heterocycles. The Bertz CT molecular complexity index is 694. The third-order valence-corrected chi connectivity index (χ3v) is 4.31. The van der Waals surface area contributed by atoms with Gasteiger partial charge >= 0.3 is 6.18 Å². The Balaban J connectivity index is 2.01. The van der Waals surface area contributed by atoms with E-state index in [1.807, 2.05) is 6.92 Å². The third kappa shape index (κ3) is 4.57. The summed E-state index contributed by atoms with van der Waals surface area (Å²) in [6.45, 7) is 3.58. The summed E-state index contributed by atoms with van der Waals surface area (Å²) in [4.78, 5) is 13.0. The first-order valence-electron chi connectivity index (χ1n) is 7.40. The predicted molar refractivity (Wildman–Crippen MR) is 85.0 cm³/mol. The van der Waals surface area contributed by atoms with Gasteiger partial charge in [0.15, 0.2) is 0 Å². The molecule has 132 valence electrons. The van der Waals surface area contributed by atoms with Crippen molar-refractivity contribution in [2.75, 3.05) is 19.8 Å². The minimum Gasteiger partial charge on any atom is -0.382 e. The lowest BCUT2D eigenvalue weighted by Crippen LogP contribution is -2.24. The molecular weight excluding hydrogens is 343 g/mol. The van der Waals surface area contributed by atoms with Gasteiger partial charge < -0.3 is 10.1 Å². The van der Waals surface area contributed by atoms with Crippen LogP contribution in [-0.2, 0) is 18.0 Å². The summed E-state index contributed by atoms with van der Waals surface area (Å²) >= 11 is 1.11. The lowest BCUT2D eigenvalue weighted by atomic mass is 10.3. The zero-order chi connectivity index (χ0) is 17.7. The molecule has 9 heteroatoms. The minimum atomic E-state index is -4.46. The van der Waals surface area contributed by atoms with Crippen LogP contribution < -0.4 is 5.32 Å². The number of carbonyl (C=O) groups excluding carboxylic acids is 1. The van der Waals surface area contributed by atoms with Crippen molar-refractivity contribution in [2.45, 2.75) is 19.5 Å². The van der Waals surface area contributed by atoms with Gasteiger partial charge in [0.05, 0.1) is 9.75 Å². The van der Waals surface area contributed by atoms with Crippen LogP contribution in [0.4, 0.5) is 13.2 Å². The number of hydrogen-bond acceptors (Lipinski definition) is 4. The second kappa shape index (κ2) is 7.80. The molecule has 0 fully saturated rings. The van der Waals surface area contributed by atoms with Crippen molar-refractivity contribution < 1.29 is 22.7 Å². The van der Waals surface area contributed by atoms with E-state index in [9.17, 15) is 18.0 Å². The average Bonchev–Trinajstić information content (AvgIpc) is 3.12. The smallest absolute Gasteiger partial charge is 0.382 e. The first kappa shape index (κ1) is 18.5. The van der Waals surface area contributed by atoms with Crippen molar-refractivity contribution in [1.29, 1.82) is 0 Å². The Morgan fingerprint density at radius 3 is 2.79 bits per heavy atom. The number of rotatable bonds is 7. The van der Waals surface area contributed by atoms with Crippen LogP contribution in [-0.4, -0.2) is 35.4 Å². The Hall–Kier alpha value is -1.87. The SMILES string of the molecule is CCOCCCNC(=O)c1ccc(-c2cc(C(F)(F)F)n(C)n2)s1. The lowest BCUT2D eigenvalue weighted by molar-refractivity contribution is -0.143. The molecule has 0 bridgehead atoms. The van der Waals surface area contributed by atoms with E-state index < -0.39 is 11.9 Å². The van der Waals surface area contributed by atoms with Crippen molar-refractivity contribution >= 4 is 17.2 Å². The minimum absolute atomic E-state index is 0.199. The number of carbonyl (C=O) groups is 1. The van der Waals surface area contributed by atoms with Crippen LogP contribution in [0.5, 0.6) is 0 Å². The molecule has 0 saturated carbocycles. The van der Waals surface area contributed by atoms with Crippen molar-refractivity contribution in [2.24, 2.45) is 7.05 Å². The molecule has 0 aromatic carbocycles. The van der Waals surface area contributed by atoms with Gasteiger partial charge in [0, 0.05) is 26.8 Å². The molecule has 0 unspecified atom stereocenters. The summed E-state index contributed by atoms with van der Waals surface area (Å²) in [6.07, 6.45) is -3.76. The number of aryl methyl sites for hydroxylation is 1. The van der Waals surface area contributed by atoms with Gasteiger partial charge in [-0.25, -0.2) is 0 Å². The van der Waals surface area contributed by atoms with Crippen molar-refractivity contribution in [3.8, 4) is 10.6 Å². The quantitative estimate of drug-likeness (QED) is 0.770. The average molecular weight is 361 g/mol. The van der Waals surface area contributed by atoms with Gasteiger partial charge in [-0.15, -0.1) is 11.3 Å². The monoisotopic (exact) mass is 361 g/mol. The Morgan fingerprint density at radius 1 is 1.42 bits per heavy atom. The topological polar surface area (TPSA) is 56.1 Å². The molecule has 0 atom stereocenters. The van der Waals surface area contributed by atoms with Crippen LogP contribution in [0.25, 0.3) is 10.6 Å². The maximum Gasteiger partial charge on any atom is 0.433 e. The molecule has 2 rings (SSSR count). The number of hydrogen-bond donors (Lipinski definition) is 1. The van der Waals surface area contributed by atoms with E-state index in [4.69, 9.17) is 4.74 Å². The van der Waals surface area contributed by atoms with Crippen LogP contribution >= 0.6 is 11.3 Å². The standard InChI is InChI=1S/C15H18F3N3O2S/c1-3-23-8-4-7-19-14(22)12-6-5-11(24-12)10-9-13(15(16,17)18)21(2)20-10/h5-6,9H,3-4,7-8H2,1-2H3,(H,19,22). The number of amides is 1. The van der Waals surface area contributed by atoms with Crippen LogP contribution in [0.1, 0.15) is 28.7 Å².